The van der Waals surface area contributed by atoms with Gasteiger partial charge in [0.1, 0.15) is 0 Å². The van der Waals surface area contributed by atoms with Gasteiger partial charge in [-0.2, -0.15) is 0 Å². The molecule has 0 saturated carbocycles. The summed E-state index contributed by atoms with van der Waals surface area (Å²) < 4.78 is 45.0. The Balaban J connectivity index is -0.000000173. The van der Waals surface area contributed by atoms with Crippen molar-refractivity contribution in [2.75, 3.05) is 64.9 Å². The van der Waals surface area contributed by atoms with Crippen molar-refractivity contribution in [2.24, 2.45) is 0 Å². The molecule has 0 N–H and O–H groups in total. The van der Waals surface area contributed by atoms with Gasteiger partial charge < -0.3 is 37.5 Å². The predicted molar refractivity (Wildman–Crippen MR) is 128 cm³/mol. The Bertz CT molecular complexity index is 751. The van der Waals surface area contributed by atoms with Gasteiger partial charge >= 0.3 is 37.1 Å². The summed E-state index contributed by atoms with van der Waals surface area (Å²) >= 11 is 0. The summed E-state index contributed by atoms with van der Waals surface area (Å²) in [5.41, 5.74) is 0. The quantitative estimate of drug-likeness (QED) is 0.407. The Labute approximate surface area is 232 Å². The fraction of sp³-hybridized carbons (Fsp3) is 0.700. The van der Waals surface area contributed by atoms with Crippen LogP contribution in [-0.2, 0) is 66.7 Å². The first kappa shape index (κ1) is 41.1. The van der Waals surface area contributed by atoms with Crippen LogP contribution in [0.2, 0.25) is 0 Å². The average Bonchev–Trinajstić information content (AvgIpc) is 2.51. The molecule has 0 unspecified atom stereocenters. The van der Waals surface area contributed by atoms with E-state index in [1.807, 2.05) is 4.90 Å². The van der Waals surface area contributed by atoms with E-state index < -0.39 is 20.0 Å². The van der Waals surface area contributed by atoms with Gasteiger partial charge in [-0.3, -0.25) is 13.9 Å². The number of rotatable bonds is 6. The van der Waals surface area contributed by atoms with Crippen LogP contribution in [0.1, 0.15) is 26.7 Å². The third-order valence-corrected chi connectivity index (χ3v) is 7.14. The van der Waals surface area contributed by atoms with Gasteiger partial charge in [0.15, 0.2) is 0 Å². The normalized spacial score (nSPS) is 14.6. The molecule has 0 bridgehead atoms. The van der Waals surface area contributed by atoms with Crippen LogP contribution in [0.5, 0.6) is 0 Å². The van der Waals surface area contributed by atoms with Crippen molar-refractivity contribution >= 4 is 31.9 Å². The predicted octanol–water partition coefficient (Wildman–Crippen LogP) is 0.305. The first-order chi connectivity index (χ1) is 14.6. The topological polar surface area (TPSA) is 115 Å². The molecule has 0 aromatic carbocycles. The molecule has 2 amide bonds. The third-order valence-electron chi connectivity index (χ3n) is 4.54. The minimum atomic E-state index is -3.06. The van der Waals surface area contributed by atoms with E-state index in [0.717, 1.165) is 38.9 Å². The summed E-state index contributed by atoms with van der Waals surface area (Å²) in [6.07, 6.45) is 4.60. The molecule has 2 aliphatic heterocycles. The van der Waals surface area contributed by atoms with Gasteiger partial charge in [-0.1, -0.05) is 0 Å². The van der Waals surface area contributed by atoms with Crippen molar-refractivity contribution in [3.63, 3.8) is 0 Å². The first-order valence-electron chi connectivity index (χ1n) is 10.2. The van der Waals surface area contributed by atoms with E-state index in [9.17, 15) is 26.4 Å². The van der Waals surface area contributed by atoms with Crippen molar-refractivity contribution in [3.8, 4) is 0 Å². The van der Waals surface area contributed by atoms with Gasteiger partial charge in [0.25, 0.3) is 0 Å². The number of hydrogen-bond donors (Lipinski definition) is 0. The number of sulfonamides is 2. The Hall–Kier alpha value is -0.0712. The second-order valence-corrected chi connectivity index (χ2v) is 11.0. The SMILES string of the molecule is CC(=O)N1CCC1.CS(=O)(=O)N1CCC1.[CH2-]CN(C[CH2-])C(C)=O.[CH2-]CN(C[CH2-])S(C)(=O)=O.[V+2].[V+2]. The van der Waals surface area contributed by atoms with Crippen molar-refractivity contribution in [1.82, 2.24) is 18.4 Å². The molecule has 198 valence electrons. The van der Waals surface area contributed by atoms with Gasteiger partial charge in [0.05, 0.1) is 12.5 Å². The van der Waals surface area contributed by atoms with Gasteiger partial charge in [0.2, 0.25) is 31.9 Å². The van der Waals surface area contributed by atoms with Crippen LogP contribution in [0, 0.1) is 27.7 Å². The van der Waals surface area contributed by atoms with Crippen LogP contribution in [0.15, 0.2) is 0 Å². The smallest absolute Gasteiger partial charge is 0.403 e. The van der Waals surface area contributed by atoms with Crippen LogP contribution in [0.4, 0.5) is 0 Å². The van der Waals surface area contributed by atoms with E-state index in [-0.39, 0.29) is 62.0 Å². The summed E-state index contributed by atoms with van der Waals surface area (Å²) in [4.78, 5) is 24.2. The monoisotopic (exact) mass is 598 g/mol. The molecule has 34 heavy (non-hydrogen) atoms. The molecule has 2 radical (unpaired) electrons. The van der Waals surface area contributed by atoms with Gasteiger partial charge in [0, 0.05) is 40.0 Å². The van der Waals surface area contributed by atoms with Crippen LogP contribution in [0.25, 0.3) is 0 Å². The molecule has 2 heterocycles. The molecule has 0 spiro atoms. The zero-order chi connectivity index (χ0) is 25.5. The Kier molecular flexibility index (Phi) is 25.4. The van der Waals surface area contributed by atoms with E-state index in [1.54, 1.807) is 11.8 Å². The van der Waals surface area contributed by atoms with E-state index in [0.29, 0.717) is 13.1 Å². The van der Waals surface area contributed by atoms with Gasteiger partial charge in [-0.15, -0.1) is 26.2 Å². The molecule has 2 rings (SSSR count). The molecule has 2 saturated heterocycles. The van der Waals surface area contributed by atoms with Gasteiger partial charge in [-0.25, -0.2) is 21.1 Å². The Morgan fingerprint density at radius 3 is 1.15 bits per heavy atom. The Morgan fingerprint density at radius 2 is 1.15 bits per heavy atom. The van der Waals surface area contributed by atoms with Crippen LogP contribution in [-0.4, -0.2) is 112 Å². The third kappa shape index (κ3) is 19.2. The van der Waals surface area contributed by atoms with E-state index in [4.69, 9.17) is 0 Å². The van der Waals surface area contributed by atoms with Gasteiger partial charge in [-0.05, 0) is 12.8 Å². The number of carbonyl (C=O) groups excluding carboxylic acids is 2. The summed E-state index contributed by atoms with van der Waals surface area (Å²) in [7, 11) is -5.89. The molecule has 0 aromatic rings. The second kappa shape index (κ2) is 21.1. The maximum atomic E-state index is 10.6. The zero-order valence-corrected chi connectivity index (χ0v) is 25.3. The number of nitrogens with zero attached hydrogens (tertiary/aromatic N) is 4. The molecular formula is C20H40N4O6S2V2. The molecule has 10 nitrogen and oxygen atoms in total. The number of amides is 2. The fourth-order valence-electron chi connectivity index (χ4n) is 2.12. The van der Waals surface area contributed by atoms with E-state index in [2.05, 4.69) is 27.7 Å². The van der Waals surface area contributed by atoms with Crippen molar-refractivity contribution in [1.29, 1.82) is 0 Å². The Morgan fingerprint density at radius 1 is 0.765 bits per heavy atom. The summed E-state index contributed by atoms with van der Waals surface area (Å²) in [5.74, 6) is 0.251. The maximum Gasteiger partial charge on any atom is 2.00 e. The molecule has 0 aliphatic carbocycles. The molecule has 0 atom stereocenters. The van der Waals surface area contributed by atoms with Crippen LogP contribution >= 0.6 is 0 Å². The van der Waals surface area contributed by atoms with E-state index >= 15 is 0 Å². The minimum absolute atomic E-state index is 0. The molecule has 0 aromatic heterocycles. The maximum absolute atomic E-state index is 10.6. The minimum Gasteiger partial charge on any atom is -0.403 e. The fourth-order valence-corrected chi connectivity index (χ4v) is 3.70. The molecule has 2 aliphatic rings. The summed E-state index contributed by atoms with van der Waals surface area (Å²) in [6.45, 7) is 22.0. The standard InChI is InChI=1S/C6H11NO.C5H11NO2S.C5H9NO.C4H9NO2S.2V/c1-4-7(5-2)6(3)8;1-4-6(5-2)9(3,7)8;1-5(7)6-3-2-4-6;1-8(6,7)5-3-2-4-5;;/h1-2,4-5H2,3H3;1-2,4-5H2,3H3;2-4H2,1H3;2-4H2,1H3;;/q2*-2;;;2*+2. The molecule has 14 heteroatoms. The number of hydrogen-bond acceptors (Lipinski definition) is 6. The molecule has 2 fully saturated rings. The van der Waals surface area contributed by atoms with Crippen molar-refractivity contribution in [3.05, 3.63) is 27.7 Å². The summed E-state index contributed by atoms with van der Waals surface area (Å²) in [6, 6.07) is 0. The first-order valence-corrected chi connectivity index (χ1v) is 13.9. The van der Waals surface area contributed by atoms with Crippen molar-refractivity contribution in [2.45, 2.75) is 26.7 Å². The van der Waals surface area contributed by atoms with E-state index in [1.165, 1.54) is 28.2 Å². The largest absolute Gasteiger partial charge is 2.00 e. The average molecular weight is 599 g/mol. The van der Waals surface area contributed by atoms with Crippen molar-refractivity contribution < 1.29 is 63.5 Å². The number of likely N-dealkylation sites (tertiary alicyclic amines) is 1. The zero-order valence-electron chi connectivity index (χ0n) is 20.8. The van der Waals surface area contributed by atoms with Crippen LogP contribution in [0.3, 0.4) is 0 Å². The molecular weight excluding hydrogens is 558 g/mol. The number of carbonyl (C=O) groups is 2. The summed E-state index contributed by atoms with van der Waals surface area (Å²) in [5, 5.41) is 0. The van der Waals surface area contributed by atoms with Crippen LogP contribution < -0.4 is 0 Å². The second-order valence-electron chi connectivity index (χ2n) is 7.04.